The van der Waals surface area contributed by atoms with Gasteiger partial charge in [0.15, 0.2) is 5.03 Å². The maximum absolute atomic E-state index is 13.0. The summed E-state index contributed by atoms with van der Waals surface area (Å²) in [7, 11) is -1.81. The number of imidazole rings is 2. The lowest BCUT2D eigenvalue weighted by molar-refractivity contribution is 0.324. The molecule has 8 nitrogen and oxygen atoms in total. The molecule has 0 N–H and O–H groups in total. The molecule has 4 rings (SSSR count). The highest BCUT2D eigenvalue weighted by atomic mass is 32.2. The van der Waals surface area contributed by atoms with Crippen molar-refractivity contribution in [3.63, 3.8) is 0 Å². The fourth-order valence-electron chi connectivity index (χ4n) is 3.63. The van der Waals surface area contributed by atoms with E-state index in [9.17, 15) is 8.42 Å². The predicted molar refractivity (Wildman–Crippen MR) is 92.2 cm³/mol. The van der Waals surface area contributed by atoms with Gasteiger partial charge in [-0.3, -0.25) is 4.90 Å². The fraction of sp³-hybridized carbons (Fsp3) is 0.625. The van der Waals surface area contributed by atoms with E-state index in [0.29, 0.717) is 13.1 Å². The van der Waals surface area contributed by atoms with Gasteiger partial charge in [-0.1, -0.05) is 0 Å². The third-order valence-electron chi connectivity index (χ3n) is 5.02. The van der Waals surface area contributed by atoms with Gasteiger partial charge in [0.05, 0.1) is 30.6 Å². The Labute approximate surface area is 148 Å². The Morgan fingerprint density at radius 2 is 1.84 bits per heavy atom. The van der Waals surface area contributed by atoms with Crippen LogP contribution in [0.25, 0.3) is 0 Å². The molecule has 2 aromatic heterocycles. The molecule has 2 aromatic rings. The first kappa shape index (κ1) is 16.7. The van der Waals surface area contributed by atoms with E-state index in [2.05, 4.69) is 19.4 Å². The van der Waals surface area contributed by atoms with Gasteiger partial charge in [-0.15, -0.1) is 0 Å². The number of hydrogen-bond acceptors (Lipinski definition) is 5. The van der Waals surface area contributed by atoms with Crippen LogP contribution in [0.15, 0.2) is 23.9 Å². The SMILES string of the molecule is Cn1cnc(S(=O)(=O)N2CCCn3cnc(CN4CCCC4)c3C2)c1. The van der Waals surface area contributed by atoms with E-state index in [1.807, 2.05) is 6.33 Å². The van der Waals surface area contributed by atoms with E-state index in [4.69, 9.17) is 0 Å². The first-order valence-electron chi connectivity index (χ1n) is 8.77. The molecule has 0 amide bonds. The molecule has 9 heteroatoms. The molecule has 0 spiro atoms. The average Bonchev–Trinajstić information content (AvgIpc) is 3.28. The molecule has 0 saturated carbocycles. The summed E-state index contributed by atoms with van der Waals surface area (Å²) >= 11 is 0. The Morgan fingerprint density at radius 3 is 2.56 bits per heavy atom. The monoisotopic (exact) mass is 364 g/mol. The molecule has 0 atom stereocenters. The van der Waals surface area contributed by atoms with Crippen LogP contribution >= 0.6 is 0 Å². The van der Waals surface area contributed by atoms with Crippen LogP contribution in [0.1, 0.15) is 30.7 Å². The van der Waals surface area contributed by atoms with Gasteiger partial charge >= 0.3 is 0 Å². The second kappa shape index (κ2) is 6.54. The van der Waals surface area contributed by atoms with Crippen LogP contribution in [0.4, 0.5) is 0 Å². The molecule has 0 unspecified atom stereocenters. The molecule has 4 heterocycles. The molecule has 2 aliphatic heterocycles. The number of rotatable bonds is 4. The first-order chi connectivity index (χ1) is 12.0. The number of nitrogens with zero attached hydrogens (tertiary/aromatic N) is 6. The van der Waals surface area contributed by atoms with E-state index in [1.165, 1.54) is 19.2 Å². The fourth-order valence-corrected chi connectivity index (χ4v) is 5.04. The third kappa shape index (κ3) is 3.23. The highest BCUT2D eigenvalue weighted by Gasteiger charge is 2.30. The summed E-state index contributed by atoms with van der Waals surface area (Å²) in [5, 5.41) is 0.115. The quantitative estimate of drug-likeness (QED) is 0.802. The van der Waals surface area contributed by atoms with Crippen LogP contribution in [-0.2, 0) is 36.7 Å². The van der Waals surface area contributed by atoms with Gasteiger partial charge in [0.25, 0.3) is 10.0 Å². The Hall–Kier alpha value is -1.71. The van der Waals surface area contributed by atoms with Gasteiger partial charge in [0.1, 0.15) is 0 Å². The lowest BCUT2D eigenvalue weighted by Gasteiger charge is -2.20. The second-order valence-corrected chi connectivity index (χ2v) is 8.77. The third-order valence-corrected chi connectivity index (χ3v) is 6.75. The van der Waals surface area contributed by atoms with Crippen molar-refractivity contribution in [3.8, 4) is 0 Å². The Balaban J connectivity index is 1.60. The summed E-state index contributed by atoms with van der Waals surface area (Å²) in [6.07, 6.45) is 8.18. The summed E-state index contributed by atoms with van der Waals surface area (Å²) < 4.78 is 31.2. The van der Waals surface area contributed by atoms with Crippen LogP contribution in [0.2, 0.25) is 0 Å². The van der Waals surface area contributed by atoms with Gasteiger partial charge in [-0.25, -0.2) is 18.4 Å². The van der Waals surface area contributed by atoms with Crippen LogP contribution < -0.4 is 0 Å². The average molecular weight is 364 g/mol. The van der Waals surface area contributed by atoms with Gasteiger partial charge in [0, 0.05) is 32.9 Å². The van der Waals surface area contributed by atoms with E-state index in [-0.39, 0.29) is 5.03 Å². The van der Waals surface area contributed by atoms with Gasteiger partial charge in [-0.05, 0) is 32.4 Å². The number of likely N-dealkylation sites (tertiary alicyclic amines) is 1. The van der Waals surface area contributed by atoms with Gasteiger partial charge in [0.2, 0.25) is 0 Å². The minimum Gasteiger partial charge on any atom is -0.339 e. The number of sulfonamides is 1. The minimum atomic E-state index is -3.58. The van der Waals surface area contributed by atoms with Crippen molar-refractivity contribution in [2.45, 2.75) is 43.9 Å². The summed E-state index contributed by atoms with van der Waals surface area (Å²) in [6.45, 7) is 4.67. The molecule has 136 valence electrons. The van der Waals surface area contributed by atoms with Crippen LogP contribution in [0.3, 0.4) is 0 Å². The van der Waals surface area contributed by atoms with Crippen LogP contribution in [0, 0.1) is 0 Å². The van der Waals surface area contributed by atoms with Gasteiger partial charge in [-0.2, -0.15) is 4.31 Å². The smallest absolute Gasteiger partial charge is 0.262 e. The molecular formula is C16H24N6O2S. The molecule has 0 bridgehead atoms. The molecule has 25 heavy (non-hydrogen) atoms. The zero-order valence-electron chi connectivity index (χ0n) is 14.5. The predicted octanol–water partition coefficient (Wildman–Crippen LogP) is 0.807. The lowest BCUT2D eigenvalue weighted by Crippen LogP contribution is -2.31. The number of hydrogen-bond donors (Lipinski definition) is 0. The Kier molecular flexibility index (Phi) is 4.38. The normalized spacial score (nSPS) is 19.9. The van der Waals surface area contributed by atoms with Crippen molar-refractivity contribution in [1.82, 2.24) is 28.3 Å². The van der Waals surface area contributed by atoms with E-state index in [0.717, 1.165) is 44.0 Å². The number of fused-ring (bicyclic) bond motifs is 1. The topological polar surface area (TPSA) is 76.3 Å². The highest BCUT2D eigenvalue weighted by Crippen LogP contribution is 2.23. The van der Waals surface area contributed by atoms with E-state index in [1.54, 1.807) is 22.1 Å². The van der Waals surface area contributed by atoms with Crippen LogP contribution in [-0.4, -0.2) is 56.4 Å². The molecule has 2 aliphatic rings. The molecule has 1 saturated heterocycles. The Bertz CT molecular complexity index is 850. The number of aryl methyl sites for hydroxylation is 2. The van der Waals surface area contributed by atoms with Crippen molar-refractivity contribution < 1.29 is 8.42 Å². The largest absolute Gasteiger partial charge is 0.339 e. The lowest BCUT2D eigenvalue weighted by atomic mass is 10.3. The number of aromatic nitrogens is 4. The summed E-state index contributed by atoms with van der Waals surface area (Å²) in [5.74, 6) is 0. The van der Waals surface area contributed by atoms with Crippen molar-refractivity contribution in [3.05, 3.63) is 30.2 Å². The Morgan fingerprint density at radius 1 is 1.04 bits per heavy atom. The molecule has 0 aromatic carbocycles. The summed E-state index contributed by atoms with van der Waals surface area (Å²) in [4.78, 5) is 11.0. The highest BCUT2D eigenvalue weighted by molar-refractivity contribution is 7.89. The van der Waals surface area contributed by atoms with Crippen molar-refractivity contribution in [2.24, 2.45) is 7.05 Å². The van der Waals surface area contributed by atoms with Crippen molar-refractivity contribution in [1.29, 1.82) is 0 Å². The zero-order chi connectivity index (χ0) is 17.4. The van der Waals surface area contributed by atoms with E-state index >= 15 is 0 Å². The second-order valence-electron chi connectivity index (χ2n) is 6.88. The summed E-state index contributed by atoms with van der Waals surface area (Å²) in [5.41, 5.74) is 2.02. The zero-order valence-corrected chi connectivity index (χ0v) is 15.3. The maximum Gasteiger partial charge on any atom is 0.262 e. The molecule has 1 fully saturated rings. The molecular weight excluding hydrogens is 340 g/mol. The minimum absolute atomic E-state index is 0.115. The van der Waals surface area contributed by atoms with Crippen LogP contribution in [0.5, 0.6) is 0 Å². The maximum atomic E-state index is 13.0. The van der Waals surface area contributed by atoms with Gasteiger partial charge < -0.3 is 9.13 Å². The standard InChI is InChI=1S/C16H24N6O2S/c1-19-11-16(18-12-19)25(23,24)22-8-4-7-21-13-17-14(15(21)10-22)9-20-5-2-3-6-20/h11-13H,2-10H2,1H3. The van der Waals surface area contributed by atoms with Crippen molar-refractivity contribution in [2.75, 3.05) is 19.6 Å². The van der Waals surface area contributed by atoms with Crippen molar-refractivity contribution >= 4 is 10.0 Å². The summed E-state index contributed by atoms with van der Waals surface area (Å²) in [6, 6.07) is 0. The molecule has 0 aliphatic carbocycles. The first-order valence-corrected chi connectivity index (χ1v) is 10.2. The molecule has 0 radical (unpaired) electrons. The van der Waals surface area contributed by atoms with E-state index < -0.39 is 10.0 Å².